The first kappa shape index (κ1) is 17.0. The van der Waals surface area contributed by atoms with Crippen LogP contribution in [0.15, 0.2) is 35.1 Å². The molecule has 0 spiro atoms. The normalized spacial score (nSPS) is 20.5. The van der Waals surface area contributed by atoms with Crippen LogP contribution in [0.2, 0.25) is 0 Å². The third kappa shape index (κ3) is 3.35. The number of hydrogen-bond acceptors (Lipinski definition) is 3. The number of aryl methyl sites for hydroxylation is 1. The summed E-state index contributed by atoms with van der Waals surface area (Å²) in [7, 11) is 0. The van der Waals surface area contributed by atoms with Gasteiger partial charge in [0.05, 0.1) is 11.6 Å². The smallest absolute Gasteiger partial charge is 0.308 e. The van der Waals surface area contributed by atoms with E-state index in [0.29, 0.717) is 18.5 Å². The SMILES string of the molecule is Cc1ccc(-n2[nH]c(C(=O)N3CC(C(=O)O)CCC3C)cc2=O)cc1. The van der Waals surface area contributed by atoms with E-state index in [4.69, 9.17) is 0 Å². The van der Waals surface area contributed by atoms with Gasteiger partial charge in [0.15, 0.2) is 0 Å². The Morgan fingerprint density at radius 3 is 2.52 bits per heavy atom. The number of piperidine rings is 1. The third-order valence-corrected chi connectivity index (χ3v) is 4.74. The Kier molecular flexibility index (Phi) is 4.48. The molecule has 1 aliphatic heterocycles. The third-order valence-electron chi connectivity index (χ3n) is 4.74. The number of carboxylic acid groups (broad SMARTS) is 1. The van der Waals surface area contributed by atoms with Crippen LogP contribution in [0, 0.1) is 12.8 Å². The molecule has 3 rings (SSSR count). The zero-order valence-corrected chi connectivity index (χ0v) is 14.2. The maximum Gasteiger partial charge on any atom is 0.308 e. The van der Waals surface area contributed by atoms with E-state index in [-0.39, 0.29) is 29.7 Å². The van der Waals surface area contributed by atoms with Crippen molar-refractivity contribution in [1.29, 1.82) is 0 Å². The highest BCUT2D eigenvalue weighted by atomic mass is 16.4. The molecule has 2 N–H and O–H groups in total. The maximum atomic E-state index is 12.8. The van der Waals surface area contributed by atoms with Gasteiger partial charge in [-0.1, -0.05) is 17.7 Å². The van der Waals surface area contributed by atoms with Gasteiger partial charge in [-0.05, 0) is 38.8 Å². The average Bonchev–Trinajstić information content (AvgIpc) is 2.97. The molecule has 2 aromatic rings. The minimum Gasteiger partial charge on any atom is -0.481 e. The second-order valence-corrected chi connectivity index (χ2v) is 6.60. The number of amides is 1. The number of rotatable bonds is 3. The van der Waals surface area contributed by atoms with Gasteiger partial charge in [-0.25, -0.2) is 4.68 Å². The Labute approximate surface area is 144 Å². The van der Waals surface area contributed by atoms with Gasteiger partial charge in [0, 0.05) is 18.7 Å². The quantitative estimate of drug-likeness (QED) is 0.888. The van der Waals surface area contributed by atoms with E-state index in [9.17, 15) is 19.5 Å². The molecule has 25 heavy (non-hydrogen) atoms. The Morgan fingerprint density at radius 1 is 1.20 bits per heavy atom. The fraction of sp³-hybridized carbons (Fsp3) is 0.389. The molecule has 1 aromatic carbocycles. The van der Waals surface area contributed by atoms with E-state index in [1.165, 1.54) is 15.6 Å². The highest BCUT2D eigenvalue weighted by Gasteiger charge is 2.33. The van der Waals surface area contributed by atoms with E-state index >= 15 is 0 Å². The van der Waals surface area contributed by atoms with Crippen molar-refractivity contribution in [3.8, 4) is 5.69 Å². The van der Waals surface area contributed by atoms with E-state index in [1.54, 1.807) is 12.1 Å². The van der Waals surface area contributed by atoms with Crippen LogP contribution in [0.4, 0.5) is 0 Å². The molecule has 1 aromatic heterocycles. The molecule has 0 saturated carbocycles. The number of aromatic amines is 1. The summed E-state index contributed by atoms with van der Waals surface area (Å²) in [6, 6.07) is 8.56. The molecule has 2 atom stereocenters. The molecule has 2 unspecified atom stereocenters. The van der Waals surface area contributed by atoms with Crippen LogP contribution in [-0.2, 0) is 4.79 Å². The number of hydrogen-bond donors (Lipinski definition) is 2. The van der Waals surface area contributed by atoms with Gasteiger partial charge in [0.2, 0.25) is 0 Å². The highest BCUT2D eigenvalue weighted by molar-refractivity contribution is 5.93. The molecule has 0 radical (unpaired) electrons. The second-order valence-electron chi connectivity index (χ2n) is 6.60. The number of aliphatic carboxylic acids is 1. The summed E-state index contributed by atoms with van der Waals surface area (Å²) >= 11 is 0. The minimum atomic E-state index is -0.893. The summed E-state index contributed by atoms with van der Waals surface area (Å²) in [5, 5.41) is 12.1. The highest BCUT2D eigenvalue weighted by Crippen LogP contribution is 2.23. The fourth-order valence-electron chi connectivity index (χ4n) is 3.14. The summed E-state index contributed by atoms with van der Waals surface area (Å²) in [5.74, 6) is -1.80. The van der Waals surface area contributed by atoms with Crippen LogP contribution in [0.25, 0.3) is 5.69 Å². The lowest BCUT2D eigenvalue weighted by molar-refractivity contribution is -0.143. The van der Waals surface area contributed by atoms with Crippen molar-refractivity contribution < 1.29 is 14.7 Å². The lowest BCUT2D eigenvalue weighted by atomic mass is 9.93. The number of nitrogens with one attached hydrogen (secondary N) is 1. The van der Waals surface area contributed by atoms with Gasteiger partial charge >= 0.3 is 5.97 Å². The second kappa shape index (κ2) is 6.58. The van der Waals surface area contributed by atoms with Crippen LogP contribution in [0.1, 0.15) is 35.8 Å². The molecular formula is C18H21N3O4. The van der Waals surface area contributed by atoms with Crippen molar-refractivity contribution in [2.24, 2.45) is 5.92 Å². The van der Waals surface area contributed by atoms with Crippen LogP contribution >= 0.6 is 0 Å². The van der Waals surface area contributed by atoms with Crippen LogP contribution in [0.5, 0.6) is 0 Å². The van der Waals surface area contributed by atoms with Crippen molar-refractivity contribution in [2.45, 2.75) is 32.7 Å². The van der Waals surface area contributed by atoms with Gasteiger partial charge < -0.3 is 10.0 Å². The first-order valence-electron chi connectivity index (χ1n) is 8.29. The largest absolute Gasteiger partial charge is 0.481 e. The monoisotopic (exact) mass is 343 g/mol. The summed E-state index contributed by atoms with van der Waals surface area (Å²) in [6.07, 6.45) is 1.19. The lowest BCUT2D eigenvalue weighted by Gasteiger charge is -2.36. The van der Waals surface area contributed by atoms with Crippen molar-refractivity contribution in [1.82, 2.24) is 14.7 Å². The fourth-order valence-corrected chi connectivity index (χ4v) is 3.14. The van der Waals surface area contributed by atoms with Gasteiger partial charge in [-0.2, -0.15) is 0 Å². The zero-order valence-electron chi connectivity index (χ0n) is 14.2. The number of aromatic nitrogens is 2. The first-order chi connectivity index (χ1) is 11.9. The molecule has 1 amide bonds. The number of likely N-dealkylation sites (tertiary alicyclic amines) is 1. The standard InChI is InChI=1S/C18H21N3O4/c1-11-3-7-14(8-4-11)21-16(22)9-15(19-21)17(23)20-10-13(18(24)25)6-5-12(20)2/h3-4,7-9,12-13,19H,5-6,10H2,1-2H3,(H,24,25). The molecular weight excluding hydrogens is 322 g/mol. The molecule has 0 bridgehead atoms. The molecule has 1 saturated heterocycles. The predicted octanol–water partition coefficient (Wildman–Crippen LogP) is 1.80. The van der Waals surface area contributed by atoms with Crippen LogP contribution < -0.4 is 5.56 Å². The molecule has 0 aliphatic carbocycles. The number of carbonyl (C=O) groups is 2. The molecule has 2 heterocycles. The first-order valence-corrected chi connectivity index (χ1v) is 8.29. The van der Waals surface area contributed by atoms with Crippen LogP contribution in [-0.4, -0.2) is 44.3 Å². The van der Waals surface area contributed by atoms with Crippen molar-refractivity contribution >= 4 is 11.9 Å². The molecule has 7 nitrogen and oxygen atoms in total. The molecule has 7 heteroatoms. The van der Waals surface area contributed by atoms with Crippen molar-refractivity contribution in [3.05, 3.63) is 51.9 Å². The summed E-state index contributed by atoms with van der Waals surface area (Å²) in [4.78, 5) is 37.8. The van der Waals surface area contributed by atoms with Gasteiger partial charge in [0.1, 0.15) is 5.69 Å². The average molecular weight is 343 g/mol. The minimum absolute atomic E-state index is 0.0608. The van der Waals surface area contributed by atoms with Gasteiger partial charge in [-0.3, -0.25) is 19.5 Å². The Balaban J connectivity index is 1.87. The maximum absolute atomic E-state index is 12.8. The van der Waals surface area contributed by atoms with E-state index < -0.39 is 11.9 Å². The summed E-state index contributed by atoms with van der Waals surface area (Å²) in [5.41, 5.74) is 1.56. The van der Waals surface area contributed by atoms with Gasteiger partial charge in [-0.15, -0.1) is 0 Å². The summed E-state index contributed by atoms with van der Waals surface area (Å²) < 4.78 is 1.32. The summed E-state index contributed by atoms with van der Waals surface area (Å²) in [6.45, 7) is 4.00. The van der Waals surface area contributed by atoms with E-state index in [1.807, 2.05) is 26.0 Å². The Hall–Kier alpha value is -2.83. The van der Waals surface area contributed by atoms with Crippen LogP contribution in [0.3, 0.4) is 0 Å². The van der Waals surface area contributed by atoms with Crippen molar-refractivity contribution in [3.63, 3.8) is 0 Å². The topological polar surface area (TPSA) is 95.4 Å². The van der Waals surface area contributed by atoms with E-state index in [2.05, 4.69) is 5.10 Å². The van der Waals surface area contributed by atoms with E-state index in [0.717, 1.165) is 5.56 Å². The molecule has 1 aliphatic rings. The number of nitrogens with zero attached hydrogens (tertiary/aromatic N) is 2. The Morgan fingerprint density at radius 2 is 1.88 bits per heavy atom. The predicted molar refractivity (Wildman–Crippen MR) is 92.0 cm³/mol. The molecule has 1 fully saturated rings. The molecule has 132 valence electrons. The number of H-pyrrole nitrogens is 1. The van der Waals surface area contributed by atoms with Crippen molar-refractivity contribution in [2.75, 3.05) is 6.54 Å². The number of carboxylic acids is 1. The van der Waals surface area contributed by atoms with Gasteiger partial charge in [0.25, 0.3) is 11.5 Å². The number of carbonyl (C=O) groups excluding carboxylic acids is 1. The lowest BCUT2D eigenvalue weighted by Crippen LogP contribution is -2.47. The Bertz CT molecular complexity index is 850. The number of benzene rings is 1. The zero-order chi connectivity index (χ0) is 18.1.